The molecule has 23 heavy (non-hydrogen) atoms. The third-order valence-corrected chi connectivity index (χ3v) is 3.17. The Labute approximate surface area is 147 Å². The summed E-state index contributed by atoms with van der Waals surface area (Å²) >= 11 is 11.7. The second-order valence-electron chi connectivity index (χ2n) is 5.91. The molecule has 1 N–H and O–H groups in total. The zero-order valence-corrected chi connectivity index (χ0v) is 15.2. The molecule has 0 aliphatic carbocycles. The van der Waals surface area contributed by atoms with Crippen molar-refractivity contribution in [3.8, 4) is 5.75 Å². The molecule has 1 amide bonds. The second kappa shape index (κ2) is 9.85. The van der Waals surface area contributed by atoms with Crippen LogP contribution in [0.25, 0.3) is 0 Å². The van der Waals surface area contributed by atoms with E-state index in [0.29, 0.717) is 31.4 Å². The molecular formula is C16H23Cl2NO4. The van der Waals surface area contributed by atoms with Crippen molar-refractivity contribution in [1.82, 2.24) is 5.48 Å². The third-order valence-electron chi connectivity index (χ3n) is 2.55. The van der Waals surface area contributed by atoms with Crippen molar-refractivity contribution in [2.24, 2.45) is 0 Å². The number of carbonyl (C=O) groups is 1. The fourth-order valence-corrected chi connectivity index (χ4v) is 2.00. The number of benzene rings is 1. The summed E-state index contributed by atoms with van der Waals surface area (Å²) in [4.78, 5) is 16.4. The van der Waals surface area contributed by atoms with Gasteiger partial charge in [0.2, 0.25) is 0 Å². The average Bonchev–Trinajstić information content (AvgIpc) is 2.48. The largest absolute Gasteiger partial charge is 0.493 e. The van der Waals surface area contributed by atoms with E-state index in [1.54, 1.807) is 20.8 Å². The summed E-state index contributed by atoms with van der Waals surface area (Å²) in [6.07, 6.45) is -0.00288. The van der Waals surface area contributed by atoms with E-state index >= 15 is 0 Å². The maximum absolute atomic E-state index is 11.3. The van der Waals surface area contributed by atoms with Crippen LogP contribution in [0.2, 0.25) is 0 Å². The first kappa shape index (κ1) is 19.9. The first-order chi connectivity index (χ1) is 10.8. The molecule has 0 aliphatic rings. The van der Waals surface area contributed by atoms with Crippen LogP contribution < -0.4 is 10.2 Å². The molecule has 0 saturated carbocycles. The minimum Gasteiger partial charge on any atom is -0.493 e. The summed E-state index contributed by atoms with van der Waals surface area (Å²) in [5.41, 5.74) is 3.59. The Morgan fingerprint density at radius 3 is 2.22 bits per heavy atom. The average molecular weight is 364 g/mol. The van der Waals surface area contributed by atoms with Crippen LogP contribution in [-0.2, 0) is 21.3 Å². The number of hydrogen-bond acceptors (Lipinski definition) is 4. The second-order valence-corrected chi connectivity index (χ2v) is 6.44. The Kier molecular flexibility index (Phi) is 8.52. The van der Waals surface area contributed by atoms with Crippen molar-refractivity contribution in [3.63, 3.8) is 0 Å². The molecule has 7 heteroatoms. The minimum absolute atomic E-state index is 0.316. The van der Waals surface area contributed by atoms with Gasteiger partial charge in [-0.3, -0.25) is 4.84 Å². The van der Waals surface area contributed by atoms with Crippen LogP contribution in [0.4, 0.5) is 4.79 Å². The Hall–Kier alpha value is -1.17. The highest BCUT2D eigenvalue weighted by Gasteiger charge is 2.15. The van der Waals surface area contributed by atoms with Gasteiger partial charge in [0.15, 0.2) is 0 Å². The Bertz CT molecular complexity index is 481. The lowest BCUT2D eigenvalue weighted by Gasteiger charge is -2.19. The number of halogens is 2. The van der Waals surface area contributed by atoms with Crippen molar-refractivity contribution in [1.29, 1.82) is 0 Å². The van der Waals surface area contributed by atoms with Gasteiger partial charge in [0.1, 0.15) is 11.4 Å². The van der Waals surface area contributed by atoms with Crippen LogP contribution >= 0.6 is 23.2 Å². The molecular weight excluding hydrogens is 341 g/mol. The topological polar surface area (TPSA) is 56.8 Å². The zero-order chi connectivity index (χ0) is 17.3. The Balaban J connectivity index is 2.24. The van der Waals surface area contributed by atoms with Crippen LogP contribution in [-0.4, -0.2) is 24.9 Å². The van der Waals surface area contributed by atoms with Gasteiger partial charge in [0.05, 0.1) is 13.2 Å². The monoisotopic (exact) mass is 363 g/mol. The van der Waals surface area contributed by atoms with E-state index in [1.807, 2.05) is 18.2 Å². The molecule has 0 fully saturated rings. The molecule has 1 aromatic rings. The number of rotatable bonds is 8. The standard InChI is InChI=1S/C16H23Cl2NO4/c1-16(2,3)23-15(20)19-22-6-4-5-21-14-8-12(10-17)7-13(9-14)11-18/h7-9H,4-6,10-11H2,1-3H3,(H,19,20). The molecule has 1 aromatic carbocycles. The Morgan fingerprint density at radius 1 is 1.09 bits per heavy atom. The van der Waals surface area contributed by atoms with E-state index in [0.717, 1.165) is 16.9 Å². The summed E-state index contributed by atoms with van der Waals surface area (Å²) in [7, 11) is 0. The maximum Gasteiger partial charge on any atom is 0.431 e. The van der Waals surface area contributed by atoms with Crippen molar-refractivity contribution in [3.05, 3.63) is 29.3 Å². The summed E-state index contributed by atoms with van der Waals surface area (Å²) in [5.74, 6) is 1.53. The summed E-state index contributed by atoms with van der Waals surface area (Å²) in [6, 6.07) is 5.70. The molecule has 0 aromatic heterocycles. The van der Waals surface area contributed by atoms with Gasteiger partial charge >= 0.3 is 6.09 Å². The number of ether oxygens (including phenoxy) is 2. The lowest BCUT2D eigenvalue weighted by atomic mass is 10.1. The lowest BCUT2D eigenvalue weighted by molar-refractivity contribution is -0.0101. The number of amides is 1. The number of alkyl halides is 2. The zero-order valence-electron chi connectivity index (χ0n) is 13.7. The number of carbonyl (C=O) groups excluding carboxylic acids is 1. The molecule has 1 rings (SSSR count). The quantitative estimate of drug-likeness (QED) is 0.422. The van der Waals surface area contributed by atoms with Gasteiger partial charge in [0, 0.05) is 18.2 Å². The lowest BCUT2D eigenvalue weighted by Crippen LogP contribution is -2.32. The molecule has 0 saturated heterocycles. The Morgan fingerprint density at radius 2 is 1.70 bits per heavy atom. The smallest absolute Gasteiger partial charge is 0.431 e. The van der Waals surface area contributed by atoms with Gasteiger partial charge < -0.3 is 9.47 Å². The third kappa shape index (κ3) is 8.89. The normalized spacial score (nSPS) is 11.2. The number of hydrogen-bond donors (Lipinski definition) is 1. The van der Waals surface area contributed by atoms with Gasteiger partial charge in [-0.1, -0.05) is 6.07 Å². The van der Waals surface area contributed by atoms with E-state index in [4.69, 9.17) is 37.5 Å². The fourth-order valence-electron chi connectivity index (χ4n) is 1.70. The SMILES string of the molecule is CC(C)(C)OC(=O)NOCCCOc1cc(CCl)cc(CCl)c1. The first-order valence-corrected chi connectivity index (χ1v) is 8.39. The molecule has 0 atom stereocenters. The molecule has 0 heterocycles. The van der Waals surface area contributed by atoms with Gasteiger partial charge in [-0.05, 0) is 44.0 Å². The number of nitrogens with one attached hydrogen (secondary N) is 1. The fraction of sp³-hybridized carbons (Fsp3) is 0.562. The van der Waals surface area contributed by atoms with Crippen molar-refractivity contribution in [2.45, 2.75) is 44.6 Å². The van der Waals surface area contributed by atoms with E-state index in [1.165, 1.54) is 0 Å². The molecule has 0 bridgehead atoms. The molecule has 0 unspecified atom stereocenters. The molecule has 0 radical (unpaired) electrons. The van der Waals surface area contributed by atoms with Crippen LogP contribution in [0, 0.1) is 0 Å². The van der Waals surface area contributed by atoms with Gasteiger partial charge in [-0.2, -0.15) is 5.48 Å². The predicted molar refractivity (Wildman–Crippen MR) is 91.0 cm³/mol. The van der Waals surface area contributed by atoms with E-state index < -0.39 is 11.7 Å². The van der Waals surface area contributed by atoms with Crippen LogP contribution in [0.1, 0.15) is 38.3 Å². The molecule has 130 valence electrons. The van der Waals surface area contributed by atoms with Crippen LogP contribution in [0.3, 0.4) is 0 Å². The van der Waals surface area contributed by atoms with Gasteiger partial charge in [-0.15, -0.1) is 23.2 Å². The van der Waals surface area contributed by atoms with Crippen molar-refractivity contribution >= 4 is 29.3 Å². The molecule has 5 nitrogen and oxygen atoms in total. The maximum atomic E-state index is 11.3. The van der Waals surface area contributed by atoms with Crippen LogP contribution in [0.15, 0.2) is 18.2 Å². The van der Waals surface area contributed by atoms with Crippen molar-refractivity contribution in [2.75, 3.05) is 13.2 Å². The predicted octanol–water partition coefficient (Wildman–Crippen LogP) is 4.39. The van der Waals surface area contributed by atoms with E-state index in [-0.39, 0.29) is 0 Å². The first-order valence-electron chi connectivity index (χ1n) is 7.32. The summed E-state index contributed by atoms with van der Waals surface area (Å²) < 4.78 is 10.7. The van der Waals surface area contributed by atoms with Gasteiger partial charge in [0.25, 0.3) is 0 Å². The summed E-state index contributed by atoms with van der Waals surface area (Å²) in [6.45, 7) is 6.11. The highest BCUT2D eigenvalue weighted by Crippen LogP contribution is 2.20. The number of hydroxylamine groups is 1. The minimum atomic E-state index is -0.611. The summed E-state index contributed by atoms with van der Waals surface area (Å²) in [5, 5.41) is 0. The molecule has 0 aliphatic heterocycles. The van der Waals surface area contributed by atoms with E-state index in [9.17, 15) is 4.79 Å². The van der Waals surface area contributed by atoms with Crippen molar-refractivity contribution < 1.29 is 19.1 Å². The molecule has 0 spiro atoms. The van der Waals surface area contributed by atoms with E-state index in [2.05, 4.69) is 5.48 Å². The van der Waals surface area contributed by atoms with Gasteiger partial charge in [-0.25, -0.2) is 4.79 Å². The highest BCUT2D eigenvalue weighted by atomic mass is 35.5. The highest BCUT2D eigenvalue weighted by molar-refractivity contribution is 6.17. The van der Waals surface area contributed by atoms with Crippen LogP contribution in [0.5, 0.6) is 5.75 Å².